The van der Waals surface area contributed by atoms with Gasteiger partial charge in [-0.2, -0.15) is 0 Å². The lowest BCUT2D eigenvalue weighted by Gasteiger charge is -1.95. The topological polar surface area (TPSA) is 33.1 Å². The van der Waals surface area contributed by atoms with Gasteiger partial charge in [-0.3, -0.25) is 4.40 Å². The Balaban J connectivity index is 2.48. The Morgan fingerprint density at radius 2 is 2.18 bits per heavy atom. The van der Waals surface area contributed by atoms with Crippen LogP contribution in [0.2, 0.25) is 0 Å². The number of imidazole rings is 2. The van der Waals surface area contributed by atoms with E-state index < -0.39 is 0 Å². The number of aromatic nitrogens is 3. The molecule has 0 saturated heterocycles. The monoisotopic (exact) mass is 223 g/mol. The molecule has 0 aliphatic carbocycles. The summed E-state index contributed by atoms with van der Waals surface area (Å²) in [7, 11) is 0. The molecule has 0 bridgehead atoms. The van der Waals surface area contributed by atoms with Crippen molar-refractivity contribution in [3.05, 3.63) is 48.3 Å². The van der Waals surface area contributed by atoms with Gasteiger partial charge in [0, 0.05) is 0 Å². The third-order valence-electron chi connectivity index (χ3n) is 2.85. The highest BCUT2D eigenvalue weighted by molar-refractivity contribution is 5.82. The minimum absolute atomic E-state index is 0.856. The molecular formula is C14H13N3. The molecule has 2 heterocycles. The standard InChI is InChI=1S/C14H13N3/c1-3-7-10-12(4-2)17-13-9-6-5-8-11(13)16-14(17)15-10/h3-9H,2H2,1H3,(H,15,16)/b7-3-. The highest BCUT2D eigenvalue weighted by Gasteiger charge is 2.11. The molecule has 3 rings (SSSR count). The van der Waals surface area contributed by atoms with E-state index in [1.165, 1.54) is 0 Å². The fourth-order valence-corrected chi connectivity index (χ4v) is 2.15. The molecule has 1 N–H and O–H groups in total. The molecule has 0 atom stereocenters. The zero-order valence-electron chi connectivity index (χ0n) is 9.64. The van der Waals surface area contributed by atoms with Crippen molar-refractivity contribution >= 4 is 29.0 Å². The van der Waals surface area contributed by atoms with E-state index in [9.17, 15) is 0 Å². The van der Waals surface area contributed by atoms with Crippen molar-refractivity contribution in [3.8, 4) is 0 Å². The first-order chi connectivity index (χ1) is 8.35. The molecule has 3 nitrogen and oxygen atoms in total. The SMILES string of the molecule is C=Cc1c(/C=C\C)[nH]c2nc3ccccc3n12. The van der Waals surface area contributed by atoms with E-state index in [0.29, 0.717) is 0 Å². The van der Waals surface area contributed by atoms with Gasteiger partial charge in [0.25, 0.3) is 0 Å². The summed E-state index contributed by atoms with van der Waals surface area (Å²) in [6.07, 6.45) is 5.88. The zero-order valence-corrected chi connectivity index (χ0v) is 9.64. The summed E-state index contributed by atoms with van der Waals surface area (Å²) in [5.74, 6) is 0.856. The number of benzene rings is 1. The van der Waals surface area contributed by atoms with Crippen molar-refractivity contribution < 1.29 is 0 Å². The van der Waals surface area contributed by atoms with E-state index in [1.54, 1.807) is 0 Å². The summed E-state index contributed by atoms with van der Waals surface area (Å²) in [6, 6.07) is 8.09. The first-order valence-electron chi connectivity index (χ1n) is 5.59. The number of aromatic amines is 1. The molecule has 0 unspecified atom stereocenters. The number of allylic oxidation sites excluding steroid dienone is 1. The summed E-state index contributed by atoms with van der Waals surface area (Å²) >= 11 is 0. The second kappa shape index (κ2) is 3.63. The number of nitrogens with one attached hydrogen (secondary N) is 1. The van der Waals surface area contributed by atoms with Gasteiger partial charge in [-0.25, -0.2) is 4.98 Å². The van der Waals surface area contributed by atoms with Crippen molar-refractivity contribution in [2.24, 2.45) is 0 Å². The maximum Gasteiger partial charge on any atom is 0.213 e. The molecule has 84 valence electrons. The van der Waals surface area contributed by atoms with Crippen molar-refractivity contribution in [1.29, 1.82) is 0 Å². The van der Waals surface area contributed by atoms with Crippen molar-refractivity contribution in [1.82, 2.24) is 14.4 Å². The van der Waals surface area contributed by atoms with Crippen LogP contribution < -0.4 is 0 Å². The first-order valence-corrected chi connectivity index (χ1v) is 5.59. The molecule has 3 heteroatoms. The molecule has 0 radical (unpaired) electrons. The lowest BCUT2D eigenvalue weighted by Crippen LogP contribution is -1.85. The van der Waals surface area contributed by atoms with Crippen molar-refractivity contribution in [3.63, 3.8) is 0 Å². The molecule has 17 heavy (non-hydrogen) atoms. The van der Waals surface area contributed by atoms with E-state index >= 15 is 0 Å². The molecule has 0 aliphatic heterocycles. The number of fused-ring (bicyclic) bond motifs is 3. The molecule has 0 aliphatic rings. The predicted molar refractivity (Wildman–Crippen MR) is 71.8 cm³/mol. The fraction of sp³-hybridized carbons (Fsp3) is 0.0714. The van der Waals surface area contributed by atoms with Gasteiger partial charge in [0.2, 0.25) is 5.78 Å². The van der Waals surface area contributed by atoms with Crippen LogP contribution in [0.15, 0.2) is 36.9 Å². The molecular weight excluding hydrogens is 210 g/mol. The molecule has 0 fully saturated rings. The van der Waals surface area contributed by atoms with Crippen LogP contribution in [0.3, 0.4) is 0 Å². The minimum atomic E-state index is 0.856. The Hall–Kier alpha value is -2.29. The van der Waals surface area contributed by atoms with Crippen LogP contribution in [0.4, 0.5) is 0 Å². The van der Waals surface area contributed by atoms with Crippen LogP contribution in [-0.4, -0.2) is 14.4 Å². The molecule has 0 saturated carbocycles. The Bertz CT molecular complexity index is 728. The van der Waals surface area contributed by atoms with E-state index in [0.717, 1.165) is 28.2 Å². The second-order valence-corrected chi connectivity index (χ2v) is 3.89. The Morgan fingerprint density at radius 1 is 1.35 bits per heavy atom. The van der Waals surface area contributed by atoms with Crippen molar-refractivity contribution in [2.45, 2.75) is 6.92 Å². The Labute approximate surface area is 99.1 Å². The smallest absolute Gasteiger partial charge is 0.213 e. The maximum absolute atomic E-state index is 4.55. The van der Waals surface area contributed by atoms with Crippen LogP contribution in [0.5, 0.6) is 0 Å². The number of rotatable bonds is 2. The molecule has 3 aromatic rings. The minimum Gasteiger partial charge on any atom is -0.323 e. The third-order valence-corrected chi connectivity index (χ3v) is 2.85. The average Bonchev–Trinajstić information content (AvgIpc) is 2.84. The largest absolute Gasteiger partial charge is 0.323 e. The van der Waals surface area contributed by atoms with Gasteiger partial charge in [0.15, 0.2) is 0 Å². The number of nitrogens with zero attached hydrogens (tertiary/aromatic N) is 2. The van der Waals surface area contributed by atoms with E-state index in [-0.39, 0.29) is 0 Å². The Morgan fingerprint density at radius 3 is 2.94 bits per heavy atom. The third kappa shape index (κ3) is 1.32. The number of para-hydroxylation sites is 2. The highest BCUT2D eigenvalue weighted by atomic mass is 15.1. The Kier molecular flexibility index (Phi) is 2.11. The summed E-state index contributed by atoms with van der Waals surface area (Å²) in [4.78, 5) is 7.85. The number of hydrogen-bond donors (Lipinski definition) is 1. The van der Waals surface area contributed by atoms with Crippen LogP contribution in [0, 0.1) is 0 Å². The first kappa shape index (κ1) is 9.90. The van der Waals surface area contributed by atoms with Gasteiger partial charge in [0.1, 0.15) is 0 Å². The van der Waals surface area contributed by atoms with Crippen molar-refractivity contribution in [2.75, 3.05) is 0 Å². The average molecular weight is 223 g/mol. The maximum atomic E-state index is 4.55. The summed E-state index contributed by atoms with van der Waals surface area (Å²) in [5.41, 5.74) is 4.18. The molecule has 1 aromatic carbocycles. The fourth-order valence-electron chi connectivity index (χ4n) is 2.15. The van der Waals surface area contributed by atoms with E-state index in [4.69, 9.17) is 0 Å². The summed E-state index contributed by atoms with van der Waals surface area (Å²) < 4.78 is 2.09. The van der Waals surface area contributed by atoms with Gasteiger partial charge < -0.3 is 4.98 Å². The quantitative estimate of drug-likeness (QED) is 0.708. The zero-order chi connectivity index (χ0) is 11.8. The van der Waals surface area contributed by atoms with E-state index in [1.807, 2.05) is 43.4 Å². The van der Waals surface area contributed by atoms with Gasteiger partial charge >= 0.3 is 0 Å². The molecule has 0 amide bonds. The number of hydrogen-bond acceptors (Lipinski definition) is 1. The normalized spacial score (nSPS) is 11.8. The van der Waals surface area contributed by atoms with Crippen LogP contribution in [0.25, 0.3) is 29.0 Å². The van der Waals surface area contributed by atoms with Gasteiger partial charge in [-0.1, -0.05) is 24.8 Å². The lowest BCUT2D eigenvalue weighted by atomic mass is 10.2. The molecule has 2 aromatic heterocycles. The summed E-state index contributed by atoms with van der Waals surface area (Å²) in [5, 5.41) is 0. The number of H-pyrrole nitrogens is 1. The molecule has 0 spiro atoms. The van der Waals surface area contributed by atoms with Crippen LogP contribution >= 0.6 is 0 Å². The van der Waals surface area contributed by atoms with Crippen LogP contribution in [-0.2, 0) is 0 Å². The predicted octanol–water partition coefficient (Wildman–Crippen LogP) is 3.49. The van der Waals surface area contributed by atoms with Gasteiger partial charge in [0.05, 0.1) is 22.4 Å². The lowest BCUT2D eigenvalue weighted by molar-refractivity contribution is 1.23. The van der Waals surface area contributed by atoms with Crippen LogP contribution in [0.1, 0.15) is 18.3 Å². The summed E-state index contributed by atoms with van der Waals surface area (Å²) in [6.45, 7) is 5.87. The highest BCUT2D eigenvalue weighted by Crippen LogP contribution is 2.22. The van der Waals surface area contributed by atoms with Gasteiger partial charge in [-0.05, 0) is 31.2 Å². The van der Waals surface area contributed by atoms with E-state index in [2.05, 4.69) is 27.0 Å². The second-order valence-electron chi connectivity index (χ2n) is 3.89. The van der Waals surface area contributed by atoms with Gasteiger partial charge in [-0.15, -0.1) is 0 Å².